The molecular formula is C13H19FN2O. The lowest BCUT2D eigenvalue weighted by Crippen LogP contribution is -2.48. The molecule has 0 unspecified atom stereocenters. The molecule has 1 saturated heterocycles. The van der Waals surface area contributed by atoms with Crippen LogP contribution in [0.15, 0.2) is 18.2 Å². The molecule has 1 aromatic rings. The number of hydrogen-bond donors (Lipinski definition) is 1. The summed E-state index contributed by atoms with van der Waals surface area (Å²) in [6.45, 7) is 5.99. The molecule has 0 saturated carbocycles. The Labute approximate surface area is 102 Å². The van der Waals surface area contributed by atoms with Crippen LogP contribution in [0.25, 0.3) is 0 Å². The minimum atomic E-state index is -0.284. The minimum Gasteiger partial charge on any atom is -0.494 e. The third-order valence-electron chi connectivity index (χ3n) is 3.08. The summed E-state index contributed by atoms with van der Waals surface area (Å²) in [7, 11) is 1.48. The van der Waals surface area contributed by atoms with Crippen molar-refractivity contribution in [2.45, 2.75) is 19.5 Å². The molecule has 3 nitrogen and oxygen atoms in total. The summed E-state index contributed by atoms with van der Waals surface area (Å²) in [6, 6.07) is 5.68. The van der Waals surface area contributed by atoms with Crippen LogP contribution in [-0.4, -0.2) is 37.7 Å². The summed E-state index contributed by atoms with van der Waals surface area (Å²) in [5.41, 5.74) is 0.998. The van der Waals surface area contributed by atoms with Gasteiger partial charge in [-0.3, -0.25) is 4.90 Å². The summed E-state index contributed by atoms with van der Waals surface area (Å²) in [4.78, 5) is 2.34. The maximum absolute atomic E-state index is 13.5. The van der Waals surface area contributed by atoms with Gasteiger partial charge in [-0.05, 0) is 24.6 Å². The minimum absolute atomic E-state index is 0.284. The van der Waals surface area contributed by atoms with Gasteiger partial charge >= 0.3 is 0 Å². The third-order valence-corrected chi connectivity index (χ3v) is 3.08. The summed E-state index contributed by atoms with van der Waals surface area (Å²) in [6.07, 6.45) is 0. The Balaban J connectivity index is 2.00. The average molecular weight is 238 g/mol. The molecule has 1 aliphatic rings. The standard InChI is InChI=1S/C13H19FN2O/c1-10-8-16(6-5-15-10)9-11-3-4-13(17-2)12(14)7-11/h3-4,7,10,15H,5-6,8-9H2,1-2H3/t10-/m1/s1. The number of nitrogens with zero attached hydrogens (tertiary/aromatic N) is 1. The molecule has 0 aliphatic carbocycles. The van der Waals surface area contributed by atoms with E-state index in [2.05, 4.69) is 17.1 Å². The second-order valence-corrected chi connectivity index (χ2v) is 4.56. The van der Waals surface area contributed by atoms with E-state index in [-0.39, 0.29) is 5.82 Å². The van der Waals surface area contributed by atoms with Crippen LogP contribution in [0.3, 0.4) is 0 Å². The second-order valence-electron chi connectivity index (χ2n) is 4.56. The predicted octanol–water partition coefficient (Wildman–Crippen LogP) is 1.63. The first-order valence-corrected chi connectivity index (χ1v) is 5.97. The Hall–Kier alpha value is -1.13. The number of methoxy groups -OCH3 is 1. The van der Waals surface area contributed by atoms with E-state index < -0.39 is 0 Å². The highest BCUT2D eigenvalue weighted by atomic mass is 19.1. The number of benzene rings is 1. The molecule has 1 heterocycles. The predicted molar refractivity (Wildman–Crippen MR) is 65.7 cm³/mol. The highest BCUT2D eigenvalue weighted by Gasteiger charge is 2.16. The van der Waals surface area contributed by atoms with E-state index in [0.717, 1.165) is 31.7 Å². The zero-order chi connectivity index (χ0) is 12.3. The van der Waals surface area contributed by atoms with Gasteiger partial charge in [0.2, 0.25) is 0 Å². The molecule has 94 valence electrons. The van der Waals surface area contributed by atoms with Gasteiger partial charge in [0.1, 0.15) is 0 Å². The topological polar surface area (TPSA) is 24.5 Å². The molecular weight excluding hydrogens is 219 g/mol. The maximum Gasteiger partial charge on any atom is 0.165 e. The summed E-state index contributed by atoms with van der Waals surface area (Å²) in [5, 5.41) is 3.39. The number of ether oxygens (including phenoxy) is 1. The Morgan fingerprint density at radius 1 is 1.53 bits per heavy atom. The van der Waals surface area contributed by atoms with Gasteiger partial charge in [-0.1, -0.05) is 6.07 Å². The smallest absolute Gasteiger partial charge is 0.165 e. The van der Waals surface area contributed by atoms with E-state index in [1.165, 1.54) is 7.11 Å². The average Bonchev–Trinajstić information content (AvgIpc) is 2.29. The molecule has 1 atom stereocenters. The van der Waals surface area contributed by atoms with E-state index in [1.807, 2.05) is 6.07 Å². The monoisotopic (exact) mass is 238 g/mol. The van der Waals surface area contributed by atoms with Crippen molar-refractivity contribution in [3.05, 3.63) is 29.6 Å². The lowest BCUT2D eigenvalue weighted by atomic mass is 10.1. The molecule has 1 aromatic carbocycles. The zero-order valence-corrected chi connectivity index (χ0v) is 10.4. The van der Waals surface area contributed by atoms with Gasteiger partial charge in [0.15, 0.2) is 11.6 Å². The first-order chi connectivity index (χ1) is 8.19. The molecule has 1 fully saturated rings. The van der Waals surface area contributed by atoms with Gasteiger partial charge in [0.05, 0.1) is 7.11 Å². The number of rotatable bonds is 3. The van der Waals surface area contributed by atoms with Crippen molar-refractivity contribution < 1.29 is 9.13 Å². The Kier molecular flexibility index (Phi) is 3.97. The van der Waals surface area contributed by atoms with Crippen LogP contribution in [0.5, 0.6) is 5.75 Å². The quantitative estimate of drug-likeness (QED) is 0.866. The molecule has 17 heavy (non-hydrogen) atoms. The normalized spacial score (nSPS) is 21.5. The van der Waals surface area contributed by atoms with Crippen LogP contribution in [0.1, 0.15) is 12.5 Å². The lowest BCUT2D eigenvalue weighted by Gasteiger charge is -2.31. The molecule has 2 rings (SSSR count). The number of hydrogen-bond acceptors (Lipinski definition) is 3. The fourth-order valence-corrected chi connectivity index (χ4v) is 2.22. The van der Waals surface area contributed by atoms with Crippen molar-refractivity contribution in [3.63, 3.8) is 0 Å². The first kappa shape index (κ1) is 12.3. The van der Waals surface area contributed by atoms with Crippen LogP contribution in [0.2, 0.25) is 0 Å². The van der Waals surface area contributed by atoms with Crippen molar-refractivity contribution >= 4 is 0 Å². The zero-order valence-electron chi connectivity index (χ0n) is 10.4. The molecule has 0 amide bonds. The van der Waals surface area contributed by atoms with Crippen molar-refractivity contribution in [1.29, 1.82) is 0 Å². The SMILES string of the molecule is COc1ccc(CN2CCN[C@H](C)C2)cc1F. The second kappa shape index (κ2) is 5.47. The third kappa shape index (κ3) is 3.17. The van der Waals surface area contributed by atoms with Crippen LogP contribution in [0.4, 0.5) is 4.39 Å². The molecule has 0 aromatic heterocycles. The maximum atomic E-state index is 13.5. The molecule has 0 radical (unpaired) electrons. The highest BCUT2D eigenvalue weighted by molar-refractivity contribution is 5.29. The molecule has 0 bridgehead atoms. The summed E-state index contributed by atoms with van der Waals surface area (Å²) >= 11 is 0. The molecule has 1 N–H and O–H groups in total. The molecule has 0 spiro atoms. The molecule has 4 heteroatoms. The fourth-order valence-electron chi connectivity index (χ4n) is 2.22. The summed E-state index contributed by atoms with van der Waals surface area (Å²) in [5.74, 6) is 0.0237. The fraction of sp³-hybridized carbons (Fsp3) is 0.538. The number of halogens is 1. The van der Waals surface area contributed by atoms with Crippen molar-refractivity contribution in [2.75, 3.05) is 26.7 Å². The number of nitrogens with one attached hydrogen (secondary N) is 1. The van der Waals surface area contributed by atoms with Crippen molar-refractivity contribution in [3.8, 4) is 5.75 Å². The highest BCUT2D eigenvalue weighted by Crippen LogP contribution is 2.18. The van der Waals surface area contributed by atoms with E-state index in [9.17, 15) is 4.39 Å². The van der Waals surface area contributed by atoms with Gasteiger partial charge in [0, 0.05) is 32.2 Å². The van der Waals surface area contributed by atoms with E-state index in [0.29, 0.717) is 11.8 Å². The van der Waals surface area contributed by atoms with Gasteiger partial charge < -0.3 is 10.1 Å². The van der Waals surface area contributed by atoms with E-state index in [4.69, 9.17) is 4.74 Å². The van der Waals surface area contributed by atoms with Gasteiger partial charge in [-0.2, -0.15) is 0 Å². The first-order valence-electron chi connectivity index (χ1n) is 5.97. The van der Waals surface area contributed by atoms with Crippen LogP contribution >= 0.6 is 0 Å². The lowest BCUT2D eigenvalue weighted by molar-refractivity contribution is 0.199. The van der Waals surface area contributed by atoms with Gasteiger partial charge in [0.25, 0.3) is 0 Å². The van der Waals surface area contributed by atoms with Crippen LogP contribution < -0.4 is 10.1 Å². The Morgan fingerprint density at radius 2 is 2.35 bits per heavy atom. The number of piperazine rings is 1. The van der Waals surface area contributed by atoms with Crippen LogP contribution in [0, 0.1) is 5.82 Å². The van der Waals surface area contributed by atoms with E-state index >= 15 is 0 Å². The largest absolute Gasteiger partial charge is 0.494 e. The Bertz CT molecular complexity index is 384. The van der Waals surface area contributed by atoms with Crippen molar-refractivity contribution in [1.82, 2.24) is 10.2 Å². The summed E-state index contributed by atoms with van der Waals surface area (Å²) < 4.78 is 18.4. The molecule has 1 aliphatic heterocycles. The van der Waals surface area contributed by atoms with Gasteiger partial charge in [-0.25, -0.2) is 4.39 Å². The van der Waals surface area contributed by atoms with Gasteiger partial charge in [-0.15, -0.1) is 0 Å². The van der Waals surface area contributed by atoms with E-state index in [1.54, 1.807) is 12.1 Å². The van der Waals surface area contributed by atoms with Crippen LogP contribution in [-0.2, 0) is 6.54 Å². The Morgan fingerprint density at radius 3 is 3.00 bits per heavy atom. The van der Waals surface area contributed by atoms with Crippen molar-refractivity contribution in [2.24, 2.45) is 0 Å².